The topological polar surface area (TPSA) is 84.1 Å². The van der Waals surface area contributed by atoms with Crippen LogP contribution in [0.1, 0.15) is 19.5 Å². The number of nitrogens with two attached hydrogens (primary N) is 1. The van der Waals surface area contributed by atoms with Crippen LogP contribution in [0.15, 0.2) is 12.4 Å². The van der Waals surface area contributed by atoms with Gasteiger partial charge in [-0.2, -0.15) is 0 Å². The molecule has 1 aromatic heterocycles. The van der Waals surface area contributed by atoms with E-state index in [0.717, 1.165) is 17.9 Å². The maximum atomic E-state index is 9.20. The first-order valence-corrected chi connectivity index (χ1v) is 5.55. The highest BCUT2D eigenvalue weighted by Gasteiger charge is 2.12. The van der Waals surface area contributed by atoms with E-state index < -0.39 is 0 Å². The average molecular weight is 224 g/mol. The molecule has 0 saturated carbocycles. The van der Waals surface area contributed by atoms with Crippen LogP contribution in [0.3, 0.4) is 0 Å². The second-order valence-corrected chi connectivity index (χ2v) is 4.11. The molecule has 5 nitrogen and oxygen atoms in total. The molecule has 1 heterocycles. The summed E-state index contributed by atoms with van der Waals surface area (Å²) in [6.07, 6.45) is 2.25. The molecule has 0 aliphatic heterocycles. The van der Waals surface area contributed by atoms with Crippen LogP contribution in [0.25, 0.3) is 0 Å². The summed E-state index contributed by atoms with van der Waals surface area (Å²) in [6.45, 7) is 4.77. The minimum absolute atomic E-state index is 0.0145. The Bertz CT molecular complexity index is 317. The second-order valence-electron chi connectivity index (χ2n) is 4.11. The van der Waals surface area contributed by atoms with Crippen molar-refractivity contribution < 1.29 is 5.11 Å². The predicted octanol–water partition coefficient (Wildman–Crippen LogP) is 0.407. The van der Waals surface area contributed by atoms with Gasteiger partial charge in [0.05, 0.1) is 12.6 Å². The van der Waals surface area contributed by atoms with E-state index in [1.165, 1.54) is 6.33 Å². The molecule has 0 aliphatic rings. The zero-order chi connectivity index (χ0) is 12.0. The van der Waals surface area contributed by atoms with Gasteiger partial charge in [0.25, 0.3) is 0 Å². The van der Waals surface area contributed by atoms with Crippen molar-refractivity contribution in [1.82, 2.24) is 9.97 Å². The molecule has 1 aromatic rings. The predicted molar refractivity (Wildman–Crippen MR) is 64.1 cm³/mol. The fourth-order valence-electron chi connectivity index (χ4n) is 1.37. The standard InChI is InChI=1S/C11H20N4O/c1-8(2)10(6-16)15-11-5-9(3-4-12)13-7-14-11/h5,7-8,10,16H,3-4,6,12H2,1-2H3,(H,13,14,15)/t10-/m1/s1. The third-order valence-corrected chi connectivity index (χ3v) is 2.46. The SMILES string of the molecule is CC(C)[C@@H](CO)Nc1cc(CCN)ncn1. The van der Waals surface area contributed by atoms with Crippen molar-refractivity contribution in [3.63, 3.8) is 0 Å². The van der Waals surface area contributed by atoms with Crippen LogP contribution >= 0.6 is 0 Å². The highest BCUT2D eigenvalue weighted by Crippen LogP contribution is 2.10. The Morgan fingerprint density at radius 1 is 1.44 bits per heavy atom. The van der Waals surface area contributed by atoms with Crippen molar-refractivity contribution in [3.05, 3.63) is 18.1 Å². The Labute approximate surface area is 96.1 Å². The molecule has 0 amide bonds. The number of rotatable bonds is 6. The van der Waals surface area contributed by atoms with Gasteiger partial charge in [-0.05, 0) is 12.5 Å². The number of aliphatic hydroxyl groups is 1. The van der Waals surface area contributed by atoms with Gasteiger partial charge in [-0.15, -0.1) is 0 Å². The van der Waals surface area contributed by atoms with Gasteiger partial charge in [0, 0.05) is 18.2 Å². The lowest BCUT2D eigenvalue weighted by atomic mass is 10.1. The summed E-state index contributed by atoms with van der Waals surface area (Å²) in [5.74, 6) is 1.09. The molecule has 0 spiro atoms. The molecule has 0 bridgehead atoms. The Hall–Kier alpha value is -1.20. The molecule has 16 heavy (non-hydrogen) atoms. The van der Waals surface area contributed by atoms with Crippen molar-refractivity contribution in [2.75, 3.05) is 18.5 Å². The summed E-state index contributed by atoms with van der Waals surface area (Å²) >= 11 is 0. The molecule has 0 radical (unpaired) electrons. The zero-order valence-corrected chi connectivity index (χ0v) is 9.85. The number of aliphatic hydroxyl groups excluding tert-OH is 1. The fourth-order valence-corrected chi connectivity index (χ4v) is 1.37. The van der Waals surface area contributed by atoms with E-state index in [4.69, 9.17) is 5.73 Å². The molecule has 0 aliphatic carbocycles. The van der Waals surface area contributed by atoms with Crippen LogP contribution in [-0.4, -0.2) is 34.3 Å². The first-order chi connectivity index (χ1) is 7.67. The van der Waals surface area contributed by atoms with Gasteiger partial charge in [-0.1, -0.05) is 13.8 Å². The highest BCUT2D eigenvalue weighted by atomic mass is 16.3. The molecule has 0 saturated heterocycles. The van der Waals surface area contributed by atoms with Crippen molar-refractivity contribution in [3.8, 4) is 0 Å². The monoisotopic (exact) mass is 224 g/mol. The minimum atomic E-state index is 0.0145. The number of hydrogen-bond donors (Lipinski definition) is 3. The maximum Gasteiger partial charge on any atom is 0.129 e. The molecule has 0 unspecified atom stereocenters. The van der Waals surface area contributed by atoms with E-state index in [2.05, 4.69) is 29.1 Å². The zero-order valence-electron chi connectivity index (χ0n) is 9.85. The number of nitrogens with one attached hydrogen (secondary N) is 1. The van der Waals surface area contributed by atoms with Gasteiger partial charge in [-0.3, -0.25) is 0 Å². The third kappa shape index (κ3) is 3.75. The second kappa shape index (κ2) is 6.40. The van der Waals surface area contributed by atoms with Crippen LogP contribution in [0.5, 0.6) is 0 Å². The first kappa shape index (κ1) is 12.9. The lowest BCUT2D eigenvalue weighted by Crippen LogP contribution is -2.29. The molecular weight excluding hydrogens is 204 g/mol. The van der Waals surface area contributed by atoms with E-state index in [1.807, 2.05) is 6.07 Å². The molecule has 1 atom stereocenters. The van der Waals surface area contributed by atoms with E-state index in [0.29, 0.717) is 12.5 Å². The number of anilines is 1. The van der Waals surface area contributed by atoms with Crippen LogP contribution in [0.4, 0.5) is 5.82 Å². The molecule has 0 aromatic carbocycles. The summed E-state index contributed by atoms with van der Waals surface area (Å²) in [7, 11) is 0. The van der Waals surface area contributed by atoms with Crippen molar-refractivity contribution in [2.45, 2.75) is 26.3 Å². The smallest absolute Gasteiger partial charge is 0.129 e. The summed E-state index contributed by atoms with van der Waals surface area (Å²) in [4.78, 5) is 8.23. The van der Waals surface area contributed by atoms with Crippen molar-refractivity contribution in [2.24, 2.45) is 11.7 Å². The Morgan fingerprint density at radius 2 is 2.19 bits per heavy atom. The quantitative estimate of drug-likeness (QED) is 0.651. The summed E-state index contributed by atoms with van der Waals surface area (Å²) in [5, 5.41) is 12.4. The largest absolute Gasteiger partial charge is 0.394 e. The summed E-state index contributed by atoms with van der Waals surface area (Å²) in [6, 6.07) is 1.89. The first-order valence-electron chi connectivity index (χ1n) is 5.55. The van der Waals surface area contributed by atoms with Crippen LogP contribution in [0, 0.1) is 5.92 Å². The van der Waals surface area contributed by atoms with Crippen LogP contribution < -0.4 is 11.1 Å². The fraction of sp³-hybridized carbons (Fsp3) is 0.636. The normalized spacial score (nSPS) is 12.8. The van der Waals surface area contributed by atoms with Gasteiger partial charge < -0.3 is 16.2 Å². The minimum Gasteiger partial charge on any atom is -0.394 e. The molecule has 1 rings (SSSR count). The third-order valence-electron chi connectivity index (χ3n) is 2.46. The summed E-state index contributed by atoms with van der Waals surface area (Å²) < 4.78 is 0. The van der Waals surface area contributed by atoms with Crippen LogP contribution in [-0.2, 0) is 6.42 Å². The van der Waals surface area contributed by atoms with E-state index in [1.54, 1.807) is 0 Å². The number of nitrogens with zero attached hydrogens (tertiary/aromatic N) is 2. The van der Waals surface area contributed by atoms with Gasteiger partial charge >= 0.3 is 0 Å². The van der Waals surface area contributed by atoms with Crippen LogP contribution in [0.2, 0.25) is 0 Å². The molecule has 5 heteroatoms. The lowest BCUT2D eigenvalue weighted by molar-refractivity contribution is 0.249. The Morgan fingerprint density at radius 3 is 2.75 bits per heavy atom. The highest BCUT2D eigenvalue weighted by molar-refractivity contribution is 5.36. The van der Waals surface area contributed by atoms with Crippen molar-refractivity contribution >= 4 is 5.82 Å². The van der Waals surface area contributed by atoms with Gasteiger partial charge in [0.15, 0.2) is 0 Å². The number of hydrogen-bond acceptors (Lipinski definition) is 5. The van der Waals surface area contributed by atoms with E-state index in [-0.39, 0.29) is 12.6 Å². The Kier molecular flexibility index (Phi) is 5.14. The maximum absolute atomic E-state index is 9.20. The molecule has 0 fully saturated rings. The van der Waals surface area contributed by atoms with E-state index >= 15 is 0 Å². The number of aromatic nitrogens is 2. The molecular formula is C11H20N4O. The van der Waals surface area contributed by atoms with Gasteiger partial charge in [0.2, 0.25) is 0 Å². The van der Waals surface area contributed by atoms with E-state index in [9.17, 15) is 5.11 Å². The lowest BCUT2D eigenvalue weighted by Gasteiger charge is -2.20. The Balaban J connectivity index is 2.68. The summed E-state index contributed by atoms with van der Waals surface area (Å²) in [5.41, 5.74) is 6.38. The average Bonchev–Trinajstić information content (AvgIpc) is 2.26. The van der Waals surface area contributed by atoms with Gasteiger partial charge in [-0.25, -0.2) is 9.97 Å². The van der Waals surface area contributed by atoms with Gasteiger partial charge in [0.1, 0.15) is 12.1 Å². The van der Waals surface area contributed by atoms with Crippen molar-refractivity contribution in [1.29, 1.82) is 0 Å². The molecule has 90 valence electrons. The molecule has 4 N–H and O–H groups in total.